The SMILES string of the molecule is NC(N)=NCc1ccc(NI)c(I)c1. The van der Waals surface area contributed by atoms with Gasteiger partial charge in [0.05, 0.1) is 35.1 Å². The van der Waals surface area contributed by atoms with Gasteiger partial charge in [-0.2, -0.15) is 0 Å². The van der Waals surface area contributed by atoms with Gasteiger partial charge < -0.3 is 15.0 Å². The summed E-state index contributed by atoms with van der Waals surface area (Å²) in [4.78, 5) is 3.94. The zero-order chi connectivity index (χ0) is 10.6. The summed E-state index contributed by atoms with van der Waals surface area (Å²) in [6.07, 6.45) is 0. The first-order valence-corrected chi connectivity index (χ1v) is 5.99. The molecule has 0 saturated carbocycles. The highest BCUT2D eigenvalue weighted by atomic mass is 127. The number of benzene rings is 1. The topological polar surface area (TPSA) is 76.4 Å². The molecule has 1 aromatic rings. The maximum Gasteiger partial charge on any atom is 0.186 e. The molecule has 4 nitrogen and oxygen atoms in total. The molecule has 0 aliphatic heterocycles. The van der Waals surface area contributed by atoms with Gasteiger partial charge in [0, 0.05) is 3.57 Å². The van der Waals surface area contributed by atoms with Crippen LogP contribution in [-0.4, -0.2) is 5.96 Å². The number of aliphatic imine (C=N–C) groups is 1. The average molecular weight is 416 g/mol. The number of nitrogens with two attached hydrogens (primary N) is 2. The van der Waals surface area contributed by atoms with E-state index < -0.39 is 0 Å². The molecule has 0 bridgehead atoms. The van der Waals surface area contributed by atoms with Gasteiger partial charge in [0.1, 0.15) is 0 Å². The molecule has 5 N–H and O–H groups in total. The van der Waals surface area contributed by atoms with Crippen LogP contribution in [0.25, 0.3) is 0 Å². The fourth-order valence-electron chi connectivity index (χ4n) is 0.916. The van der Waals surface area contributed by atoms with E-state index in [4.69, 9.17) is 11.5 Å². The van der Waals surface area contributed by atoms with E-state index in [0.717, 1.165) is 14.8 Å². The minimum Gasteiger partial charge on any atom is -0.370 e. The molecule has 0 radical (unpaired) electrons. The van der Waals surface area contributed by atoms with Gasteiger partial charge in [-0.1, -0.05) is 6.07 Å². The van der Waals surface area contributed by atoms with Crippen molar-refractivity contribution in [3.63, 3.8) is 0 Å². The summed E-state index contributed by atoms with van der Waals surface area (Å²) in [5.74, 6) is 0.121. The van der Waals surface area contributed by atoms with Crippen LogP contribution < -0.4 is 15.0 Å². The summed E-state index contributed by atoms with van der Waals surface area (Å²) in [7, 11) is 0. The molecule has 0 amide bonds. The number of hydrogen-bond donors (Lipinski definition) is 3. The van der Waals surface area contributed by atoms with Crippen LogP contribution in [0.5, 0.6) is 0 Å². The lowest BCUT2D eigenvalue weighted by molar-refractivity contribution is 1.05. The predicted molar refractivity (Wildman–Crippen MR) is 76.3 cm³/mol. The van der Waals surface area contributed by atoms with Crippen LogP contribution in [0, 0.1) is 3.57 Å². The molecular formula is C8H10I2N4. The average Bonchev–Trinajstić information content (AvgIpc) is 2.15. The van der Waals surface area contributed by atoms with Gasteiger partial charge in [-0.05, 0) is 40.3 Å². The third-order valence-corrected chi connectivity index (χ3v) is 3.05. The summed E-state index contributed by atoms with van der Waals surface area (Å²) in [5, 5.41) is 0. The standard InChI is InChI=1S/C8H10I2N4/c9-6-3-5(4-13-8(11)12)1-2-7(6)14-10/h1-3,14H,4H2,(H4,11,12,13). The summed E-state index contributed by atoms with van der Waals surface area (Å²) >= 11 is 4.37. The minimum atomic E-state index is 0.121. The van der Waals surface area contributed by atoms with E-state index in [1.54, 1.807) is 0 Å². The van der Waals surface area contributed by atoms with Crippen LogP contribution in [-0.2, 0) is 6.54 Å². The maximum atomic E-state index is 5.25. The van der Waals surface area contributed by atoms with Crippen molar-refractivity contribution in [3.8, 4) is 0 Å². The number of anilines is 1. The van der Waals surface area contributed by atoms with E-state index in [2.05, 4.69) is 54.0 Å². The third kappa shape index (κ3) is 3.48. The van der Waals surface area contributed by atoms with Crippen LogP contribution >= 0.6 is 45.5 Å². The highest BCUT2D eigenvalue weighted by Crippen LogP contribution is 2.21. The zero-order valence-corrected chi connectivity index (χ0v) is 11.6. The van der Waals surface area contributed by atoms with E-state index in [-0.39, 0.29) is 5.96 Å². The Kier molecular flexibility index (Phi) is 4.72. The number of nitrogens with zero attached hydrogens (tertiary/aromatic N) is 1. The van der Waals surface area contributed by atoms with E-state index >= 15 is 0 Å². The van der Waals surface area contributed by atoms with Gasteiger partial charge in [-0.3, -0.25) is 0 Å². The van der Waals surface area contributed by atoms with Crippen molar-refractivity contribution in [2.75, 3.05) is 3.53 Å². The third-order valence-electron chi connectivity index (χ3n) is 1.58. The molecule has 0 heterocycles. The van der Waals surface area contributed by atoms with Crippen LogP contribution in [0.15, 0.2) is 23.2 Å². The lowest BCUT2D eigenvalue weighted by atomic mass is 10.2. The van der Waals surface area contributed by atoms with Gasteiger partial charge in [-0.25, -0.2) is 4.99 Å². The molecule has 76 valence electrons. The molecule has 1 aromatic carbocycles. The summed E-state index contributed by atoms with van der Waals surface area (Å²) in [5.41, 5.74) is 12.7. The van der Waals surface area contributed by atoms with Crippen molar-refractivity contribution in [1.29, 1.82) is 0 Å². The number of nitrogens with one attached hydrogen (secondary N) is 1. The Hall–Kier alpha value is -0.250. The van der Waals surface area contributed by atoms with E-state index in [9.17, 15) is 0 Å². The fraction of sp³-hybridized carbons (Fsp3) is 0.125. The fourth-order valence-corrected chi connectivity index (χ4v) is 2.62. The van der Waals surface area contributed by atoms with Crippen molar-refractivity contribution in [3.05, 3.63) is 27.3 Å². The van der Waals surface area contributed by atoms with Crippen LogP contribution in [0.2, 0.25) is 0 Å². The molecule has 14 heavy (non-hydrogen) atoms. The van der Waals surface area contributed by atoms with Gasteiger partial charge in [0.25, 0.3) is 0 Å². The monoisotopic (exact) mass is 416 g/mol. The Morgan fingerprint density at radius 2 is 2.14 bits per heavy atom. The molecule has 0 aromatic heterocycles. The zero-order valence-electron chi connectivity index (χ0n) is 7.30. The predicted octanol–water partition coefficient (Wildman–Crippen LogP) is 1.83. The van der Waals surface area contributed by atoms with Crippen LogP contribution in [0.4, 0.5) is 5.69 Å². The maximum absolute atomic E-state index is 5.25. The van der Waals surface area contributed by atoms with E-state index in [1.807, 2.05) is 18.2 Å². The Bertz CT molecular complexity index is 347. The van der Waals surface area contributed by atoms with Gasteiger partial charge >= 0.3 is 0 Å². The Morgan fingerprint density at radius 1 is 1.43 bits per heavy atom. The quantitative estimate of drug-likeness (QED) is 0.305. The second kappa shape index (κ2) is 5.59. The second-order valence-corrected chi connectivity index (χ2v) is 4.35. The van der Waals surface area contributed by atoms with Crippen molar-refractivity contribution < 1.29 is 0 Å². The molecule has 0 aliphatic carbocycles. The molecule has 0 fully saturated rings. The number of hydrogen-bond acceptors (Lipinski definition) is 2. The summed E-state index contributed by atoms with van der Waals surface area (Å²) in [6.45, 7) is 0.528. The first-order chi connectivity index (χ1) is 6.63. The Labute approximate surface area is 110 Å². The van der Waals surface area contributed by atoms with Crippen LogP contribution in [0.1, 0.15) is 5.56 Å². The molecule has 0 aliphatic rings. The van der Waals surface area contributed by atoms with Gasteiger partial charge in [0.2, 0.25) is 0 Å². The molecule has 0 spiro atoms. The molecule has 1 rings (SSSR count). The molecule has 0 unspecified atom stereocenters. The van der Waals surface area contributed by atoms with Crippen molar-refractivity contribution in [1.82, 2.24) is 0 Å². The van der Waals surface area contributed by atoms with E-state index in [1.165, 1.54) is 0 Å². The highest BCUT2D eigenvalue weighted by molar-refractivity contribution is 14.1. The van der Waals surface area contributed by atoms with Gasteiger partial charge in [0.15, 0.2) is 5.96 Å². The highest BCUT2D eigenvalue weighted by Gasteiger charge is 1.99. The smallest absolute Gasteiger partial charge is 0.186 e. The summed E-state index contributed by atoms with van der Waals surface area (Å²) < 4.78 is 4.22. The molecule has 0 atom stereocenters. The lowest BCUT2D eigenvalue weighted by Gasteiger charge is -2.04. The summed E-state index contributed by atoms with van der Waals surface area (Å²) in [6, 6.07) is 6.05. The van der Waals surface area contributed by atoms with Gasteiger partial charge in [-0.15, -0.1) is 0 Å². The van der Waals surface area contributed by atoms with Crippen molar-refractivity contribution >= 4 is 57.1 Å². The largest absolute Gasteiger partial charge is 0.370 e. The number of guanidine groups is 1. The minimum absolute atomic E-state index is 0.121. The van der Waals surface area contributed by atoms with Crippen molar-refractivity contribution in [2.24, 2.45) is 16.5 Å². The van der Waals surface area contributed by atoms with E-state index in [0.29, 0.717) is 6.54 Å². The van der Waals surface area contributed by atoms with Crippen LogP contribution in [0.3, 0.4) is 0 Å². The molecule has 6 heteroatoms. The Balaban J connectivity index is 2.81. The van der Waals surface area contributed by atoms with Crippen molar-refractivity contribution in [2.45, 2.75) is 6.54 Å². The first-order valence-electron chi connectivity index (χ1n) is 3.84. The number of rotatable bonds is 3. The number of halogens is 2. The molecular weight excluding hydrogens is 406 g/mol. The molecule has 0 saturated heterocycles. The lowest BCUT2D eigenvalue weighted by Crippen LogP contribution is -2.22. The second-order valence-electron chi connectivity index (χ2n) is 2.65. The normalized spacial score (nSPS) is 9.57. The first kappa shape index (κ1) is 11.8. The Morgan fingerprint density at radius 3 is 2.64 bits per heavy atom.